The Morgan fingerprint density at radius 2 is 1.44 bits per heavy atom. The lowest BCUT2D eigenvalue weighted by Gasteiger charge is -2.07. The highest BCUT2D eigenvalue weighted by Crippen LogP contribution is 2.20. The zero-order valence-corrected chi connectivity index (χ0v) is 22.4. The quantitative estimate of drug-likeness (QED) is 0.215. The Hall–Kier alpha value is -4.79. The summed E-state index contributed by atoms with van der Waals surface area (Å²) in [4.78, 5) is 17.7. The van der Waals surface area contributed by atoms with Crippen LogP contribution in [0, 0.1) is 0 Å². The third-order valence-corrected chi connectivity index (χ3v) is 5.73. The highest BCUT2D eigenvalue weighted by molar-refractivity contribution is 5.95. The number of ether oxygens (including phenoxy) is 3. The first-order valence-corrected chi connectivity index (χ1v) is 12.8. The van der Waals surface area contributed by atoms with Gasteiger partial charge in [0.15, 0.2) is 0 Å². The second-order valence-electron chi connectivity index (χ2n) is 8.45. The van der Waals surface area contributed by atoms with E-state index in [1.165, 1.54) is 10.8 Å². The van der Waals surface area contributed by atoms with E-state index in [-0.39, 0.29) is 5.91 Å². The third-order valence-electron chi connectivity index (χ3n) is 5.73. The average molecular weight is 528 g/mol. The summed E-state index contributed by atoms with van der Waals surface area (Å²) in [5.74, 6) is 2.60. The molecule has 0 bridgehead atoms. The van der Waals surface area contributed by atoms with Gasteiger partial charge in [0, 0.05) is 24.7 Å². The van der Waals surface area contributed by atoms with Crippen LogP contribution in [0.25, 0.3) is 6.08 Å². The molecule has 0 aliphatic carbocycles. The lowest BCUT2D eigenvalue weighted by molar-refractivity contribution is 0.0957. The van der Waals surface area contributed by atoms with Crippen molar-refractivity contribution in [3.05, 3.63) is 95.6 Å². The minimum atomic E-state index is -0.350. The molecule has 0 radical (unpaired) electrons. The van der Waals surface area contributed by atoms with Gasteiger partial charge >= 0.3 is 0 Å². The van der Waals surface area contributed by atoms with Crippen molar-refractivity contribution in [2.45, 2.75) is 26.9 Å². The van der Waals surface area contributed by atoms with Gasteiger partial charge in [0.2, 0.25) is 11.9 Å². The minimum absolute atomic E-state index is 0.327. The van der Waals surface area contributed by atoms with Crippen LogP contribution in [0.3, 0.4) is 0 Å². The Labute approximate surface area is 228 Å². The molecule has 0 atom stereocenters. The molecule has 39 heavy (non-hydrogen) atoms. The second-order valence-corrected chi connectivity index (χ2v) is 8.45. The molecule has 4 aromatic rings. The number of hydrogen-bond acceptors (Lipinski definition) is 8. The van der Waals surface area contributed by atoms with Crippen molar-refractivity contribution in [1.82, 2.24) is 14.8 Å². The first-order chi connectivity index (χ1) is 19.1. The van der Waals surface area contributed by atoms with E-state index in [4.69, 9.17) is 14.2 Å². The highest BCUT2D eigenvalue weighted by Gasteiger charge is 2.15. The topological polar surface area (TPSA) is 99.5 Å². The number of aromatic nitrogens is 3. The molecule has 9 heteroatoms. The van der Waals surface area contributed by atoms with Crippen LogP contribution >= 0.6 is 0 Å². The molecule has 0 amide bonds. The molecule has 2 N–H and O–H groups in total. The smallest absolute Gasteiger partial charge is 0.274 e. The van der Waals surface area contributed by atoms with Crippen LogP contribution in [0.1, 0.15) is 35.3 Å². The third kappa shape index (κ3) is 7.61. The Morgan fingerprint density at radius 3 is 2.03 bits per heavy atom. The summed E-state index contributed by atoms with van der Waals surface area (Å²) in [5.41, 5.74) is 2.82. The summed E-state index contributed by atoms with van der Waals surface area (Å²) in [7, 11) is 1.59. The first kappa shape index (κ1) is 27.3. The van der Waals surface area contributed by atoms with Gasteiger partial charge in [-0.3, -0.25) is 4.79 Å². The fourth-order valence-electron chi connectivity index (χ4n) is 3.79. The van der Waals surface area contributed by atoms with E-state index in [1.807, 2.05) is 86.6 Å². The van der Waals surface area contributed by atoms with Crippen LogP contribution in [-0.2, 0) is 13.1 Å². The number of para-hydroxylation sites is 1. The number of anilines is 2. The molecule has 0 aliphatic rings. The largest absolute Gasteiger partial charge is 0.496 e. The predicted molar refractivity (Wildman–Crippen MR) is 153 cm³/mol. The van der Waals surface area contributed by atoms with Crippen LogP contribution in [0.15, 0.2) is 78.9 Å². The van der Waals surface area contributed by atoms with Crippen molar-refractivity contribution in [3.8, 4) is 17.2 Å². The maximum absolute atomic E-state index is 13.2. The Bertz CT molecular complexity index is 1380. The number of rotatable bonds is 13. The molecule has 0 saturated heterocycles. The van der Waals surface area contributed by atoms with Gasteiger partial charge in [-0.05, 0) is 61.4 Å². The number of nitrogens with one attached hydrogen (secondary N) is 2. The minimum Gasteiger partial charge on any atom is -0.496 e. The monoisotopic (exact) mass is 527 g/mol. The van der Waals surface area contributed by atoms with Crippen molar-refractivity contribution >= 4 is 23.9 Å². The van der Waals surface area contributed by atoms with E-state index in [2.05, 4.69) is 20.7 Å². The number of allylic oxidation sites excluding steroid dienone is 1. The van der Waals surface area contributed by atoms with Crippen LogP contribution < -0.4 is 24.8 Å². The highest BCUT2D eigenvalue weighted by atomic mass is 16.5. The standard InChI is InChI=1S/C30H33N5O4/c1-4-38-25-15-10-22(11-16-25)20-31-29-33-30(32-21-23-12-17-26(18-13-23)39-5-2)35(34-29)28(36)19-14-24-8-6-7-9-27(24)37-3/h6-19H,4-5,20-21H2,1-3H3,(H2,31,32,33,34). The fraction of sp³-hybridized carbons (Fsp3) is 0.233. The van der Waals surface area contributed by atoms with E-state index in [9.17, 15) is 4.79 Å². The normalized spacial score (nSPS) is 10.8. The van der Waals surface area contributed by atoms with Crippen molar-refractivity contribution in [2.24, 2.45) is 0 Å². The van der Waals surface area contributed by atoms with E-state index < -0.39 is 0 Å². The zero-order valence-electron chi connectivity index (χ0n) is 22.4. The van der Waals surface area contributed by atoms with Crippen molar-refractivity contribution < 1.29 is 19.0 Å². The Balaban J connectivity index is 1.51. The van der Waals surface area contributed by atoms with E-state index in [0.717, 1.165) is 28.2 Å². The average Bonchev–Trinajstić information content (AvgIpc) is 3.39. The number of carbonyl (C=O) groups is 1. The van der Waals surface area contributed by atoms with Gasteiger partial charge in [0.25, 0.3) is 5.91 Å². The first-order valence-electron chi connectivity index (χ1n) is 12.8. The molecule has 0 spiro atoms. The molecule has 1 aromatic heterocycles. The van der Waals surface area contributed by atoms with Crippen molar-refractivity contribution in [2.75, 3.05) is 31.0 Å². The SMILES string of the molecule is CCOc1ccc(CNc2nc(NCc3ccc(OCC)cc3)n(C(=O)C=Cc3ccccc3OC)n2)cc1. The maximum Gasteiger partial charge on any atom is 0.274 e. The number of hydrogen-bond donors (Lipinski definition) is 2. The molecule has 3 aromatic carbocycles. The molecule has 9 nitrogen and oxygen atoms in total. The summed E-state index contributed by atoms with van der Waals surface area (Å²) in [6.45, 7) is 6.06. The molecular weight excluding hydrogens is 494 g/mol. The van der Waals surface area contributed by atoms with Gasteiger partial charge in [0.05, 0.1) is 20.3 Å². The molecule has 0 aliphatic heterocycles. The summed E-state index contributed by atoms with van der Waals surface area (Å²) in [6.07, 6.45) is 3.15. The van der Waals surface area contributed by atoms with Gasteiger partial charge in [0.1, 0.15) is 17.2 Å². The summed E-state index contributed by atoms with van der Waals surface area (Å²) in [5, 5.41) is 10.9. The van der Waals surface area contributed by atoms with Crippen molar-refractivity contribution in [1.29, 1.82) is 0 Å². The molecule has 1 heterocycles. The lowest BCUT2D eigenvalue weighted by atomic mass is 10.2. The van der Waals surface area contributed by atoms with E-state index >= 15 is 0 Å². The Morgan fingerprint density at radius 1 is 0.846 bits per heavy atom. The van der Waals surface area contributed by atoms with Crippen LogP contribution in [0.5, 0.6) is 17.2 Å². The van der Waals surface area contributed by atoms with E-state index in [1.54, 1.807) is 13.2 Å². The van der Waals surface area contributed by atoms with Gasteiger partial charge in [-0.25, -0.2) is 0 Å². The van der Waals surface area contributed by atoms with Crippen molar-refractivity contribution in [3.63, 3.8) is 0 Å². The maximum atomic E-state index is 13.2. The van der Waals surface area contributed by atoms with Gasteiger partial charge in [-0.1, -0.05) is 42.5 Å². The number of nitrogens with zero attached hydrogens (tertiary/aromatic N) is 3. The van der Waals surface area contributed by atoms with Gasteiger partial charge < -0.3 is 24.8 Å². The lowest BCUT2D eigenvalue weighted by Crippen LogP contribution is -2.14. The zero-order chi connectivity index (χ0) is 27.5. The molecule has 0 unspecified atom stereocenters. The number of carbonyl (C=O) groups excluding carboxylic acids is 1. The number of benzene rings is 3. The molecule has 4 rings (SSSR count). The molecular formula is C30H33N5O4. The Kier molecular flexibility index (Phi) is 9.55. The fourth-order valence-corrected chi connectivity index (χ4v) is 3.79. The molecule has 0 fully saturated rings. The summed E-state index contributed by atoms with van der Waals surface area (Å²) >= 11 is 0. The molecule has 202 valence electrons. The molecule has 0 saturated carbocycles. The summed E-state index contributed by atoms with van der Waals surface area (Å²) in [6, 6.07) is 23.0. The van der Waals surface area contributed by atoms with Gasteiger partial charge in [-0.15, -0.1) is 5.10 Å². The van der Waals surface area contributed by atoms with Crippen LogP contribution in [0.2, 0.25) is 0 Å². The summed E-state index contributed by atoms with van der Waals surface area (Å²) < 4.78 is 17.7. The van der Waals surface area contributed by atoms with E-state index in [0.29, 0.717) is 43.9 Å². The second kappa shape index (κ2) is 13.7. The van der Waals surface area contributed by atoms with Crippen LogP contribution in [0.4, 0.5) is 11.9 Å². The van der Waals surface area contributed by atoms with Gasteiger partial charge in [-0.2, -0.15) is 9.67 Å². The van der Waals surface area contributed by atoms with Crippen LogP contribution in [-0.4, -0.2) is 41.0 Å². The predicted octanol–water partition coefficient (Wildman–Crippen LogP) is 5.66. The number of methoxy groups -OCH3 is 1.